The molecule has 0 spiro atoms. The van der Waals surface area contributed by atoms with Gasteiger partial charge in [0.1, 0.15) is 0 Å². The molecule has 0 bridgehead atoms. The molecule has 0 saturated heterocycles. The molecular weight excluding hydrogens is 238 g/mol. The minimum absolute atomic E-state index is 0.207. The molecule has 0 aliphatic heterocycles. The van der Waals surface area contributed by atoms with Gasteiger partial charge in [0.15, 0.2) is 0 Å². The summed E-state index contributed by atoms with van der Waals surface area (Å²) in [7, 11) is -1.17. The van der Waals surface area contributed by atoms with E-state index in [1.807, 2.05) is 0 Å². The molecule has 1 aromatic rings. The lowest BCUT2D eigenvalue weighted by molar-refractivity contribution is 0.207. The lowest BCUT2D eigenvalue weighted by atomic mass is 10.1. The number of hydrogen-bond donors (Lipinski definition) is 2. The highest BCUT2D eigenvalue weighted by Crippen LogP contribution is 2.44. The summed E-state index contributed by atoms with van der Waals surface area (Å²) in [6.45, 7) is 9.30. The Morgan fingerprint density at radius 3 is 2.22 bits per heavy atom. The zero-order valence-corrected chi connectivity index (χ0v) is 12.8. The molecule has 0 radical (unpaired) electrons. The Labute approximate surface area is 111 Å². The Morgan fingerprint density at radius 1 is 1.17 bits per heavy atom. The molecule has 2 nitrogen and oxygen atoms in total. The monoisotopic (exact) mass is 263 g/mol. The van der Waals surface area contributed by atoms with E-state index >= 15 is 0 Å². The van der Waals surface area contributed by atoms with Crippen LogP contribution in [0.2, 0.25) is 19.6 Å². The topological polar surface area (TPSA) is 32.3 Å². The molecule has 0 aromatic heterocycles. The number of hydrogen-bond acceptors (Lipinski definition) is 2. The number of benzene rings is 1. The van der Waals surface area contributed by atoms with Gasteiger partial charge in [-0.05, 0) is 18.4 Å². The van der Waals surface area contributed by atoms with Crippen molar-refractivity contribution in [1.29, 1.82) is 0 Å². The molecule has 18 heavy (non-hydrogen) atoms. The van der Waals surface area contributed by atoms with Crippen LogP contribution in [0.4, 0.5) is 0 Å². The van der Waals surface area contributed by atoms with Crippen molar-refractivity contribution in [3.8, 4) is 0 Å². The molecule has 1 saturated carbocycles. The van der Waals surface area contributed by atoms with Gasteiger partial charge >= 0.3 is 0 Å². The van der Waals surface area contributed by atoms with Crippen LogP contribution < -0.4 is 10.5 Å². The van der Waals surface area contributed by atoms with Crippen molar-refractivity contribution in [2.75, 3.05) is 13.2 Å². The second-order valence-corrected chi connectivity index (χ2v) is 11.8. The van der Waals surface area contributed by atoms with Gasteiger partial charge in [-0.25, -0.2) is 0 Å². The maximum atomic E-state index is 9.24. The third-order valence-electron chi connectivity index (χ3n) is 3.94. The van der Waals surface area contributed by atoms with E-state index < -0.39 is 8.07 Å². The SMILES string of the molecule is C[Si](C)(C)c1ccc(CNCC2(CO)CC2)cc1. The van der Waals surface area contributed by atoms with Gasteiger partial charge in [-0.2, -0.15) is 0 Å². The third kappa shape index (κ3) is 3.43. The first-order valence-corrected chi connectivity index (χ1v) is 10.4. The fourth-order valence-corrected chi connectivity index (χ4v) is 3.33. The Balaban J connectivity index is 1.83. The van der Waals surface area contributed by atoms with Gasteiger partial charge in [0, 0.05) is 25.1 Å². The van der Waals surface area contributed by atoms with Crippen molar-refractivity contribution in [2.24, 2.45) is 5.41 Å². The Morgan fingerprint density at radius 2 is 1.78 bits per heavy atom. The molecule has 1 aliphatic rings. The van der Waals surface area contributed by atoms with Crippen molar-refractivity contribution >= 4 is 13.3 Å². The second kappa shape index (κ2) is 5.15. The third-order valence-corrected chi connectivity index (χ3v) is 6.01. The zero-order chi connectivity index (χ0) is 13.2. The van der Waals surface area contributed by atoms with E-state index in [1.54, 1.807) is 0 Å². The van der Waals surface area contributed by atoms with Gasteiger partial charge < -0.3 is 10.4 Å². The van der Waals surface area contributed by atoms with Crippen LogP contribution in [-0.2, 0) is 6.54 Å². The Kier molecular flexibility index (Phi) is 3.95. The van der Waals surface area contributed by atoms with Gasteiger partial charge in [0.25, 0.3) is 0 Å². The summed E-state index contributed by atoms with van der Waals surface area (Å²) < 4.78 is 0. The molecule has 1 aromatic carbocycles. The lowest BCUT2D eigenvalue weighted by Crippen LogP contribution is -2.37. The highest BCUT2D eigenvalue weighted by molar-refractivity contribution is 6.88. The van der Waals surface area contributed by atoms with E-state index in [-0.39, 0.29) is 5.41 Å². The van der Waals surface area contributed by atoms with E-state index in [1.165, 1.54) is 23.6 Å². The summed E-state index contributed by atoms with van der Waals surface area (Å²) in [6, 6.07) is 9.03. The summed E-state index contributed by atoms with van der Waals surface area (Å²) in [5, 5.41) is 14.2. The van der Waals surface area contributed by atoms with Crippen molar-refractivity contribution in [3.05, 3.63) is 29.8 Å². The molecule has 1 fully saturated rings. The molecule has 0 unspecified atom stereocenters. The van der Waals surface area contributed by atoms with Crippen LogP contribution in [0.1, 0.15) is 18.4 Å². The highest BCUT2D eigenvalue weighted by Gasteiger charge is 2.41. The second-order valence-electron chi connectivity index (χ2n) is 6.71. The van der Waals surface area contributed by atoms with Crippen LogP contribution in [0.15, 0.2) is 24.3 Å². The Bertz CT molecular complexity index is 390. The van der Waals surface area contributed by atoms with Crippen molar-refractivity contribution in [3.63, 3.8) is 0 Å². The van der Waals surface area contributed by atoms with E-state index in [0.717, 1.165) is 13.1 Å². The average Bonchev–Trinajstić information content (AvgIpc) is 3.09. The van der Waals surface area contributed by atoms with E-state index in [0.29, 0.717) is 6.61 Å². The highest BCUT2D eigenvalue weighted by atomic mass is 28.3. The Hall–Kier alpha value is -0.643. The van der Waals surface area contributed by atoms with E-state index in [2.05, 4.69) is 49.2 Å². The largest absolute Gasteiger partial charge is 0.396 e. The number of aliphatic hydroxyl groups is 1. The van der Waals surface area contributed by atoms with E-state index in [9.17, 15) is 5.11 Å². The van der Waals surface area contributed by atoms with Gasteiger partial charge in [-0.3, -0.25) is 0 Å². The van der Waals surface area contributed by atoms with Crippen LogP contribution >= 0.6 is 0 Å². The molecule has 0 atom stereocenters. The van der Waals surface area contributed by atoms with Crippen LogP contribution in [0.5, 0.6) is 0 Å². The van der Waals surface area contributed by atoms with Crippen LogP contribution in [0, 0.1) is 5.41 Å². The van der Waals surface area contributed by atoms with Crippen LogP contribution in [0.25, 0.3) is 0 Å². The summed E-state index contributed by atoms with van der Waals surface area (Å²) in [5.74, 6) is 0. The number of rotatable bonds is 6. The molecule has 1 aliphatic carbocycles. The van der Waals surface area contributed by atoms with Gasteiger partial charge in [0.2, 0.25) is 0 Å². The molecule has 2 N–H and O–H groups in total. The minimum atomic E-state index is -1.17. The van der Waals surface area contributed by atoms with Crippen molar-refractivity contribution in [2.45, 2.75) is 39.0 Å². The zero-order valence-electron chi connectivity index (χ0n) is 11.8. The smallest absolute Gasteiger partial charge is 0.0775 e. The number of aliphatic hydroxyl groups excluding tert-OH is 1. The summed E-state index contributed by atoms with van der Waals surface area (Å²) in [4.78, 5) is 0. The fourth-order valence-electron chi connectivity index (χ4n) is 2.16. The number of nitrogens with one attached hydrogen (secondary N) is 1. The van der Waals surface area contributed by atoms with Crippen molar-refractivity contribution < 1.29 is 5.11 Å². The van der Waals surface area contributed by atoms with Gasteiger partial charge in [-0.1, -0.05) is 49.1 Å². The molecule has 0 amide bonds. The minimum Gasteiger partial charge on any atom is -0.396 e. The summed E-state index contributed by atoms with van der Waals surface area (Å²) in [5.41, 5.74) is 1.55. The molecular formula is C15H25NOSi. The lowest BCUT2D eigenvalue weighted by Gasteiger charge is -2.17. The van der Waals surface area contributed by atoms with Crippen LogP contribution in [-0.4, -0.2) is 26.3 Å². The first-order chi connectivity index (χ1) is 8.45. The fraction of sp³-hybridized carbons (Fsp3) is 0.600. The first-order valence-electron chi connectivity index (χ1n) is 6.86. The summed E-state index contributed by atoms with van der Waals surface area (Å²) >= 11 is 0. The summed E-state index contributed by atoms with van der Waals surface area (Å²) in [6.07, 6.45) is 2.34. The predicted molar refractivity (Wildman–Crippen MR) is 79.9 cm³/mol. The molecule has 3 heteroatoms. The van der Waals surface area contributed by atoms with Gasteiger partial charge in [-0.15, -0.1) is 0 Å². The van der Waals surface area contributed by atoms with Crippen molar-refractivity contribution in [1.82, 2.24) is 5.32 Å². The quantitative estimate of drug-likeness (QED) is 0.770. The standard InChI is InChI=1S/C15H25NOSi/c1-18(2,3)14-6-4-13(5-7-14)10-16-11-15(12-17)8-9-15/h4-7,16-17H,8-12H2,1-3H3. The molecule has 2 rings (SSSR count). The maximum Gasteiger partial charge on any atom is 0.0775 e. The normalized spacial score (nSPS) is 17.8. The van der Waals surface area contributed by atoms with E-state index in [4.69, 9.17) is 0 Å². The molecule has 0 heterocycles. The maximum absolute atomic E-state index is 9.24. The van der Waals surface area contributed by atoms with Gasteiger partial charge in [0.05, 0.1) is 8.07 Å². The first kappa shape index (κ1) is 13.8. The predicted octanol–water partition coefficient (Wildman–Crippen LogP) is 2.09. The molecule has 100 valence electrons. The average molecular weight is 263 g/mol. The van der Waals surface area contributed by atoms with Crippen LogP contribution in [0.3, 0.4) is 0 Å².